The molecule has 3 atom stereocenters. The van der Waals surface area contributed by atoms with E-state index in [0.29, 0.717) is 17.4 Å². The number of rotatable bonds is 4. The summed E-state index contributed by atoms with van der Waals surface area (Å²) in [6.45, 7) is 4.12. The SMILES string of the molecule is CC1CCC(NS(=O)(=O)c2ccccc2CO)CC1C. The first kappa shape index (κ1) is 15.5. The lowest BCUT2D eigenvalue weighted by Crippen LogP contribution is -2.40. The fourth-order valence-electron chi connectivity index (χ4n) is 2.83. The third kappa shape index (κ3) is 3.40. The van der Waals surface area contributed by atoms with Gasteiger partial charge in [0.1, 0.15) is 0 Å². The number of sulfonamides is 1. The Labute approximate surface area is 121 Å². The predicted molar refractivity (Wildman–Crippen MR) is 78.7 cm³/mol. The van der Waals surface area contributed by atoms with E-state index >= 15 is 0 Å². The van der Waals surface area contributed by atoms with Crippen molar-refractivity contribution in [2.24, 2.45) is 11.8 Å². The Morgan fingerprint density at radius 2 is 1.90 bits per heavy atom. The van der Waals surface area contributed by atoms with E-state index in [1.165, 1.54) is 0 Å². The maximum atomic E-state index is 12.4. The van der Waals surface area contributed by atoms with Crippen LogP contribution in [0.15, 0.2) is 29.2 Å². The molecule has 5 heteroatoms. The molecule has 0 saturated heterocycles. The number of aliphatic hydroxyl groups is 1. The molecule has 2 rings (SSSR count). The Morgan fingerprint density at radius 3 is 2.55 bits per heavy atom. The van der Waals surface area contributed by atoms with Crippen LogP contribution in [-0.2, 0) is 16.6 Å². The van der Waals surface area contributed by atoms with Gasteiger partial charge in [-0.05, 0) is 42.7 Å². The molecule has 0 radical (unpaired) electrons. The molecule has 4 nitrogen and oxygen atoms in total. The van der Waals surface area contributed by atoms with E-state index in [1.807, 2.05) is 0 Å². The van der Waals surface area contributed by atoms with Gasteiger partial charge in [-0.2, -0.15) is 0 Å². The maximum Gasteiger partial charge on any atom is 0.241 e. The van der Waals surface area contributed by atoms with Gasteiger partial charge in [0, 0.05) is 6.04 Å². The highest BCUT2D eigenvalue weighted by atomic mass is 32.2. The molecule has 1 saturated carbocycles. The van der Waals surface area contributed by atoms with Crippen molar-refractivity contribution in [2.45, 2.75) is 50.7 Å². The molecule has 2 N–H and O–H groups in total. The lowest BCUT2D eigenvalue weighted by molar-refractivity contribution is 0.241. The molecule has 1 aromatic carbocycles. The Hall–Kier alpha value is -0.910. The van der Waals surface area contributed by atoms with E-state index in [4.69, 9.17) is 0 Å². The summed E-state index contributed by atoms with van der Waals surface area (Å²) in [4.78, 5) is 0.189. The lowest BCUT2D eigenvalue weighted by atomic mass is 9.79. The summed E-state index contributed by atoms with van der Waals surface area (Å²) in [6.07, 6.45) is 2.81. The van der Waals surface area contributed by atoms with Crippen molar-refractivity contribution in [3.8, 4) is 0 Å². The first-order valence-corrected chi connectivity index (χ1v) is 8.63. The average molecular weight is 297 g/mol. The topological polar surface area (TPSA) is 66.4 Å². The average Bonchev–Trinajstić information content (AvgIpc) is 2.42. The smallest absolute Gasteiger partial charge is 0.241 e. The molecule has 1 aromatic rings. The molecule has 1 fully saturated rings. The van der Waals surface area contributed by atoms with Gasteiger partial charge in [-0.15, -0.1) is 0 Å². The van der Waals surface area contributed by atoms with Crippen molar-refractivity contribution in [1.82, 2.24) is 4.72 Å². The lowest BCUT2D eigenvalue weighted by Gasteiger charge is -2.32. The molecule has 112 valence electrons. The molecule has 1 aliphatic carbocycles. The van der Waals surface area contributed by atoms with Gasteiger partial charge in [0.2, 0.25) is 10.0 Å². The van der Waals surface area contributed by atoms with E-state index in [2.05, 4.69) is 18.6 Å². The molecule has 0 heterocycles. The van der Waals surface area contributed by atoms with Crippen LogP contribution in [0.5, 0.6) is 0 Å². The first-order chi connectivity index (χ1) is 9.44. The maximum absolute atomic E-state index is 12.4. The summed E-state index contributed by atoms with van der Waals surface area (Å²) in [7, 11) is -3.55. The van der Waals surface area contributed by atoms with E-state index in [-0.39, 0.29) is 17.5 Å². The molecular weight excluding hydrogens is 274 g/mol. The molecule has 0 spiro atoms. The van der Waals surface area contributed by atoms with Crippen LogP contribution in [-0.4, -0.2) is 19.6 Å². The highest BCUT2D eigenvalue weighted by molar-refractivity contribution is 7.89. The van der Waals surface area contributed by atoms with Crippen molar-refractivity contribution >= 4 is 10.0 Å². The van der Waals surface area contributed by atoms with Gasteiger partial charge in [0.25, 0.3) is 0 Å². The van der Waals surface area contributed by atoms with Crippen LogP contribution in [0, 0.1) is 11.8 Å². The number of nitrogens with one attached hydrogen (secondary N) is 1. The second-order valence-corrected chi connectivity index (χ2v) is 7.53. The fourth-order valence-corrected chi connectivity index (χ4v) is 4.35. The highest BCUT2D eigenvalue weighted by Gasteiger charge is 2.28. The minimum absolute atomic E-state index is 0.00190. The van der Waals surface area contributed by atoms with Crippen molar-refractivity contribution in [2.75, 3.05) is 0 Å². The summed E-state index contributed by atoms with van der Waals surface area (Å²) in [6, 6.07) is 6.59. The van der Waals surface area contributed by atoms with E-state index in [0.717, 1.165) is 19.3 Å². The fraction of sp³-hybridized carbons (Fsp3) is 0.600. The van der Waals surface area contributed by atoms with Crippen LogP contribution < -0.4 is 4.72 Å². The van der Waals surface area contributed by atoms with Crippen LogP contribution in [0.3, 0.4) is 0 Å². The summed E-state index contributed by atoms with van der Waals surface area (Å²) < 4.78 is 27.7. The van der Waals surface area contributed by atoms with Gasteiger partial charge in [-0.3, -0.25) is 0 Å². The van der Waals surface area contributed by atoms with Crippen molar-refractivity contribution in [3.05, 3.63) is 29.8 Å². The standard InChI is InChI=1S/C15H23NO3S/c1-11-7-8-14(9-12(11)2)16-20(18,19)15-6-4-3-5-13(15)10-17/h3-6,11-12,14,16-17H,7-10H2,1-2H3. The van der Waals surface area contributed by atoms with E-state index < -0.39 is 10.0 Å². The van der Waals surface area contributed by atoms with Gasteiger partial charge < -0.3 is 5.11 Å². The van der Waals surface area contributed by atoms with Crippen molar-refractivity contribution in [3.63, 3.8) is 0 Å². The zero-order valence-corrected chi connectivity index (χ0v) is 12.9. The number of benzene rings is 1. The normalized spacial score (nSPS) is 27.4. The van der Waals surface area contributed by atoms with Crippen LogP contribution >= 0.6 is 0 Å². The monoisotopic (exact) mass is 297 g/mol. The second-order valence-electron chi connectivity index (χ2n) is 5.85. The van der Waals surface area contributed by atoms with E-state index in [9.17, 15) is 13.5 Å². The first-order valence-electron chi connectivity index (χ1n) is 7.15. The van der Waals surface area contributed by atoms with Crippen LogP contribution in [0.25, 0.3) is 0 Å². The molecular formula is C15H23NO3S. The summed E-state index contributed by atoms with van der Waals surface area (Å²) in [5, 5.41) is 9.27. The molecule has 1 aliphatic rings. The van der Waals surface area contributed by atoms with Crippen molar-refractivity contribution < 1.29 is 13.5 Å². The minimum Gasteiger partial charge on any atom is -0.392 e. The Balaban J connectivity index is 2.15. The van der Waals surface area contributed by atoms with Gasteiger partial charge in [0.05, 0.1) is 11.5 Å². The number of hydrogen-bond donors (Lipinski definition) is 2. The number of hydrogen-bond acceptors (Lipinski definition) is 3. The molecule has 0 amide bonds. The van der Waals surface area contributed by atoms with Gasteiger partial charge in [-0.25, -0.2) is 13.1 Å². The van der Waals surface area contributed by atoms with Gasteiger partial charge >= 0.3 is 0 Å². The van der Waals surface area contributed by atoms with Gasteiger partial charge in [-0.1, -0.05) is 32.0 Å². The molecule has 0 aliphatic heterocycles. The van der Waals surface area contributed by atoms with Crippen LogP contribution in [0.1, 0.15) is 38.7 Å². The highest BCUT2D eigenvalue weighted by Crippen LogP contribution is 2.30. The third-order valence-electron chi connectivity index (χ3n) is 4.35. The Kier molecular flexibility index (Phi) is 4.83. The van der Waals surface area contributed by atoms with Crippen molar-refractivity contribution in [1.29, 1.82) is 0 Å². The predicted octanol–water partition coefficient (Wildman–Crippen LogP) is 2.28. The molecule has 20 heavy (non-hydrogen) atoms. The van der Waals surface area contributed by atoms with Crippen LogP contribution in [0.2, 0.25) is 0 Å². The van der Waals surface area contributed by atoms with E-state index in [1.54, 1.807) is 24.3 Å². The Morgan fingerprint density at radius 1 is 1.20 bits per heavy atom. The summed E-state index contributed by atoms with van der Waals surface area (Å²) in [5.41, 5.74) is 0.442. The quantitative estimate of drug-likeness (QED) is 0.896. The second kappa shape index (κ2) is 6.24. The summed E-state index contributed by atoms with van der Waals surface area (Å²) >= 11 is 0. The third-order valence-corrected chi connectivity index (χ3v) is 5.97. The van der Waals surface area contributed by atoms with Crippen LogP contribution in [0.4, 0.5) is 0 Å². The Bertz CT molecular complexity index is 556. The number of aliphatic hydroxyl groups excluding tert-OH is 1. The molecule has 0 bridgehead atoms. The minimum atomic E-state index is -3.55. The molecule has 3 unspecified atom stereocenters. The zero-order chi connectivity index (χ0) is 14.8. The summed E-state index contributed by atoms with van der Waals surface area (Å²) in [5.74, 6) is 1.19. The van der Waals surface area contributed by atoms with Gasteiger partial charge in [0.15, 0.2) is 0 Å². The molecule has 0 aromatic heterocycles. The zero-order valence-electron chi connectivity index (χ0n) is 12.0. The largest absolute Gasteiger partial charge is 0.392 e.